The summed E-state index contributed by atoms with van der Waals surface area (Å²) in [6.45, 7) is 3.02. The van der Waals surface area contributed by atoms with Gasteiger partial charge in [-0.2, -0.15) is 0 Å². The molecule has 134 valence electrons. The van der Waals surface area contributed by atoms with Crippen LogP contribution in [0.1, 0.15) is 12.6 Å². The van der Waals surface area contributed by atoms with Gasteiger partial charge in [-0.05, 0) is 37.3 Å². The Labute approximate surface area is 163 Å². The van der Waals surface area contributed by atoms with Crippen LogP contribution in [-0.2, 0) is 11.3 Å². The molecule has 0 saturated heterocycles. The van der Waals surface area contributed by atoms with Crippen molar-refractivity contribution in [2.24, 2.45) is 4.99 Å². The molecule has 0 aliphatic rings. The van der Waals surface area contributed by atoms with Crippen LogP contribution in [0.4, 0.5) is 10.1 Å². The number of aliphatic imine (C=N–C) groups is 1. The molecule has 1 aromatic carbocycles. The Bertz CT molecular complexity index is 696. The number of hydrogen-bond acceptors (Lipinski definition) is 3. The molecule has 0 bridgehead atoms. The zero-order chi connectivity index (χ0) is 17.2. The van der Waals surface area contributed by atoms with E-state index in [2.05, 4.69) is 25.9 Å². The normalized spacial score (nSPS) is 10.6. The van der Waals surface area contributed by atoms with Crippen LogP contribution in [0.3, 0.4) is 0 Å². The summed E-state index contributed by atoms with van der Waals surface area (Å²) in [5.74, 6) is -0.174. The van der Waals surface area contributed by atoms with Gasteiger partial charge in [-0.3, -0.25) is 9.78 Å². The second-order valence-electron chi connectivity index (χ2n) is 4.93. The van der Waals surface area contributed by atoms with E-state index in [-0.39, 0.29) is 36.4 Å². The number of guanidine groups is 1. The monoisotopic (exact) mass is 457 g/mol. The van der Waals surface area contributed by atoms with Crippen molar-refractivity contribution in [3.63, 3.8) is 0 Å². The number of aromatic nitrogens is 1. The van der Waals surface area contributed by atoms with E-state index in [1.54, 1.807) is 12.3 Å². The van der Waals surface area contributed by atoms with Crippen molar-refractivity contribution >= 4 is 41.5 Å². The Morgan fingerprint density at radius 1 is 1.20 bits per heavy atom. The van der Waals surface area contributed by atoms with Gasteiger partial charge in [0.1, 0.15) is 5.82 Å². The Morgan fingerprint density at radius 2 is 2.04 bits per heavy atom. The van der Waals surface area contributed by atoms with Crippen LogP contribution in [0, 0.1) is 5.82 Å². The molecule has 6 nitrogen and oxygen atoms in total. The van der Waals surface area contributed by atoms with Crippen molar-refractivity contribution in [1.29, 1.82) is 0 Å². The lowest BCUT2D eigenvalue weighted by Gasteiger charge is -2.11. The van der Waals surface area contributed by atoms with Gasteiger partial charge in [0.2, 0.25) is 5.91 Å². The quantitative estimate of drug-likeness (QED) is 0.354. The molecule has 0 radical (unpaired) electrons. The standard InChI is InChI=1S/C17H20FN5O.HI/c1-2-19-17(21-11-15-7-3-4-9-20-15)22-12-16(24)23-14-8-5-6-13(18)10-14;/h3-10H,2,11-12H2,1H3,(H,23,24)(H2,19,21,22);1H. The SMILES string of the molecule is CCNC(=NCc1ccccn1)NCC(=O)Nc1cccc(F)c1.I. The number of rotatable bonds is 6. The maximum atomic E-state index is 13.1. The van der Waals surface area contributed by atoms with Crippen LogP contribution in [-0.4, -0.2) is 29.9 Å². The summed E-state index contributed by atoms with van der Waals surface area (Å²) in [7, 11) is 0. The van der Waals surface area contributed by atoms with Gasteiger partial charge >= 0.3 is 0 Å². The van der Waals surface area contributed by atoms with E-state index in [9.17, 15) is 9.18 Å². The van der Waals surface area contributed by atoms with Crippen molar-refractivity contribution in [3.05, 3.63) is 60.2 Å². The van der Waals surface area contributed by atoms with Crippen molar-refractivity contribution in [3.8, 4) is 0 Å². The van der Waals surface area contributed by atoms with Crippen molar-refractivity contribution < 1.29 is 9.18 Å². The molecule has 0 aliphatic carbocycles. The van der Waals surface area contributed by atoms with E-state index in [0.29, 0.717) is 24.7 Å². The number of nitrogens with one attached hydrogen (secondary N) is 3. The highest BCUT2D eigenvalue weighted by atomic mass is 127. The third-order valence-electron chi connectivity index (χ3n) is 2.99. The molecule has 1 heterocycles. The third-order valence-corrected chi connectivity index (χ3v) is 2.99. The van der Waals surface area contributed by atoms with E-state index in [0.717, 1.165) is 5.69 Å². The molecule has 8 heteroatoms. The van der Waals surface area contributed by atoms with E-state index in [4.69, 9.17) is 0 Å². The number of anilines is 1. The van der Waals surface area contributed by atoms with Crippen molar-refractivity contribution in [2.45, 2.75) is 13.5 Å². The molecular formula is C17H21FIN5O. The van der Waals surface area contributed by atoms with Gasteiger partial charge in [0.05, 0.1) is 18.8 Å². The van der Waals surface area contributed by atoms with Gasteiger partial charge in [0.15, 0.2) is 5.96 Å². The number of hydrogen-bond donors (Lipinski definition) is 3. The molecule has 0 atom stereocenters. The predicted octanol–water partition coefficient (Wildman–Crippen LogP) is 2.53. The van der Waals surface area contributed by atoms with Gasteiger partial charge in [-0.25, -0.2) is 9.38 Å². The molecular weight excluding hydrogens is 436 g/mol. The van der Waals surface area contributed by atoms with Gasteiger partial charge < -0.3 is 16.0 Å². The largest absolute Gasteiger partial charge is 0.357 e. The number of benzene rings is 1. The molecule has 0 spiro atoms. The van der Waals surface area contributed by atoms with Crippen LogP contribution >= 0.6 is 24.0 Å². The second-order valence-corrected chi connectivity index (χ2v) is 4.93. The van der Waals surface area contributed by atoms with Gasteiger partial charge in [-0.15, -0.1) is 24.0 Å². The second kappa shape index (κ2) is 11.3. The van der Waals surface area contributed by atoms with E-state index < -0.39 is 5.82 Å². The molecule has 2 aromatic rings. The summed E-state index contributed by atoms with van der Waals surface area (Å²) in [5.41, 5.74) is 1.25. The summed E-state index contributed by atoms with van der Waals surface area (Å²) in [6.07, 6.45) is 1.71. The molecule has 0 aliphatic heterocycles. The van der Waals surface area contributed by atoms with Gasteiger partial charge in [-0.1, -0.05) is 12.1 Å². The highest BCUT2D eigenvalue weighted by Gasteiger charge is 2.05. The summed E-state index contributed by atoms with van der Waals surface area (Å²) in [6, 6.07) is 11.4. The first-order chi connectivity index (χ1) is 11.7. The Hall–Kier alpha value is -2.23. The lowest BCUT2D eigenvalue weighted by Crippen LogP contribution is -2.41. The summed E-state index contributed by atoms with van der Waals surface area (Å²) >= 11 is 0. The minimum absolute atomic E-state index is 0. The molecule has 1 aromatic heterocycles. The van der Waals surface area contributed by atoms with Crippen LogP contribution < -0.4 is 16.0 Å². The van der Waals surface area contributed by atoms with Crippen LogP contribution in [0.2, 0.25) is 0 Å². The number of nitrogens with zero attached hydrogens (tertiary/aromatic N) is 2. The lowest BCUT2D eigenvalue weighted by atomic mass is 10.3. The average Bonchev–Trinajstić information content (AvgIpc) is 2.58. The zero-order valence-corrected chi connectivity index (χ0v) is 16.2. The number of halogens is 2. The fourth-order valence-corrected chi connectivity index (χ4v) is 1.93. The topological polar surface area (TPSA) is 78.4 Å². The Balaban J connectivity index is 0.00000312. The Morgan fingerprint density at radius 3 is 2.72 bits per heavy atom. The van der Waals surface area contributed by atoms with Gasteiger partial charge in [0.25, 0.3) is 0 Å². The zero-order valence-electron chi connectivity index (χ0n) is 13.8. The number of pyridine rings is 1. The first-order valence-electron chi connectivity index (χ1n) is 7.65. The average molecular weight is 457 g/mol. The molecule has 25 heavy (non-hydrogen) atoms. The predicted molar refractivity (Wildman–Crippen MR) is 108 cm³/mol. The maximum Gasteiger partial charge on any atom is 0.243 e. The van der Waals surface area contributed by atoms with E-state index in [1.807, 2.05) is 25.1 Å². The lowest BCUT2D eigenvalue weighted by molar-refractivity contribution is -0.115. The first-order valence-corrected chi connectivity index (χ1v) is 7.65. The third kappa shape index (κ3) is 7.92. The number of carbonyl (C=O) groups is 1. The van der Waals surface area contributed by atoms with Crippen LogP contribution in [0.15, 0.2) is 53.7 Å². The number of carbonyl (C=O) groups excluding carboxylic acids is 1. The molecule has 2 rings (SSSR count). The fraction of sp³-hybridized carbons (Fsp3) is 0.235. The minimum Gasteiger partial charge on any atom is -0.357 e. The molecule has 3 N–H and O–H groups in total. The summed E-state index contributed by atoms with van der Waals surface area (Å²) in [5, 5.41) is 8.60. The van der Waals surface area contributed by atoms with E-state index in [1.165, 1.54) is 18.2 Å². The van der Waals surface area contributed by atoms with Crippen LogP contribution in [0.5, 0.6) is 0 Å². The smallest absolute Gasteiger partial charge is 0.243 e. The van der Waals surface area contributed by atoms with Gasteiger partial charge in [0, 0.05) is 18.4 Å². The van der Waals surface area contributed by atoms with Crippen molar-refractivity contribution in [1.82, 2.24) is 15.6 Å². The molecule has 1 amide bonds. The van der Waals surface area contributed by atoms with E-state index >= 15 is 0 Å². The summed E-state index contributed by atoms with van der Waals surface area (Å²) in [4.78, 5) is 20.5. The fourth-order valence-electron chi connectivity index (χ4n) is 1.93. The summed E-state index contributed by atoms with van der Waals surface area (Å²) < 4.78 is 13.1. The highest BCUT2D eigenvalue weighted by Crippen LogP contribution is 2.08. The molecule has 0 unspecified atom stereocenters. The Kier molecular flexibility index (Phi) is 9.45. The highest BCUT2D eigenvalue weighted by molar-refractivity contribution is 14.0. The molecule has 0 fully saturated rings. The first kappa shape index (κ1) is 20.8. The molecule has 0 saturated carbocycles. The van der Waals surface area contributed by atoms with Crippen LogP contribution in [0.25, 0.3) is 0 Å². The maximum absolute atomic E-state index is 13.1. The van der Waals surface area contributed by atoms with Crippen molar-refractivity contribution in [2.75, 3.05) is 18.4 Å². The number of amides is 1. The minimum atomic E-state index is -0.397.